The zero-order valence-corrected chi connectivity index (χ0v) is 10.9. The summed E-state index contributed by atoms with van der Waals surface area (Å²) < 4.78 is 0. The van der Waals surface area contributed by atoms with Crippen LogP contribution in [0.25, 0.3) is 0 Å². The van der Waals surface area contributed by atoms with E-state index in [0.29, 0.717) is 23.7 Å². The van der Waals surface area contributed by atoms with Crippen LogP contribution in [0.3, 0.4) is 0 Å². The Bertz CT molecular complexity index is 461. The summed E-state index contributed by atoms with van der Waals surface area (Å²) in [5, 5.41) is 23.8. The van der Waals surface area contributed by atoms with Crippen molar-refractivity contribution < 1.29 is 10.0 Å². The van der Waals surface area contributed by atoms with Crippen LogP contribution < -0.4 is 5.32 Å². The molecule has 2 heterocycles. The normalized spacial score (nSPS) is 23.0. The quantitative estimate of drug-likeness (QED) is 0.637. The first-order chi connectivity index (χ1) is 8.50. The van der Waals surface area contributed by atoms with Gasteiger partial charge in [0, 0.05) is 18.4 Å². The van der Waals surface area contributed by atoms with Gasteiger partial charge in [0.05, 0.1) is 10.5 Å². The Morgan fingerprint density at radius 3 is 3.06 bits per heavy atom. The van der Waals surface area contributed by atoms with E-state index < -0.39 is 10.5 Å². The highest BCUT2D eigenvalue weighted by atomic mass is 32.2. The molecule has 1 aliphatic heterocycles. The van der Waals surface area contributed by atoms with Gasteiger partial charge in [-0.1, -0.05) is 0 Å². The number of nitrogens with one attached hydrogen (secondary N) is 1. The zero-order valence-electron chi connectivity index (χ0n) is 10.0. The molecule has 0 aromatic carbocycles. The minimum absolute atomic E-state index is 0.0202. The monoisotopic (exact) mass is 269 g/mol. The number of aliphatic hydroxyl groups is 1. The van der Waals surface area contributed by atoms with E-state index in [1.165, 1.54) is 12.3 Å². The number of pyridine rings is 1. The average molecular weight is 269 g/mol. The van der Waals surface area contributed by atoms with Gasteiger partial charge >= 0.3 is 0 Å². The van der Waals surface area contributed by atoms with Gasteiger partial charge in [0.1, 0.15) is 12.0 Å². The first-order valence-electron chi connectivity index (χ1n) is 5.65. The topological polar surface area (TPSA) is 88.3 Å². The van der Waals surface area contributed by atoms with Gasteiger partial charge in [-0.15, -0.1) is 0 Å². The summed E-state index contributed by atoms with van der Waals surface area (Å²) in [6.07, 6.45) is 1.99. The number of aromatic nitrogens is 1. The van der Waals surface area contributed by atoms with Gasteiger partial charge in [0.2, 0.25) is 0 Å². The second-order valence-corrected chi connectivity index (χ2v) is 5.60. The molecule has 1 aliphatic rings. The number of nitro groups is 1. The third kappa shape index (κ3) is 2.91. The molecule has 1 unspecified atom stereocenters. The van der Waals surface area contributed by atoms with Crippen LogP contribution in [0.2, 0.25) is 0 Å². The zero-order chi connectivity index (χ0) is 13.2. The first kappa shape index (κ1) is 13.1. The molecule has 1 fully saturated rings. The molecule has 1 atom stereocenters. The lowest BCUT2D eigenvalue weighted by atomic mass is 10.0. The largest absolute Gasteiger partial charge is 0.387 e. The van der Waals surface area contributed by atoms with Gasteiger partial charge < -0.3 is 10.4 Å². The average Bonchev–Trinajstić information content (AvgIpc) is 2.75. The van der Waals surface area contributed by atoms with Gasteiger partial charge in [-0.3, -0.25) is 10.1 Å². The third-order valence-electron chi connectivity index (χ3n) is 2.94. The molecule has 0 bridgehead atoms. The summed E-state index contributed by atoms with van der Waals surface area (Å²) in [4.78, 5) is 14.1. The molecule has 0 saturated carbocycles. The Morgan fingerprint density at radius 1 is 1.72 bits per heavy atom. The van der Waals surface area contributed by atoms with Gasteiger partial charge in [-0.05, 0) is 24.7 Å². The lowest BCUT2D eigenvalue weighted by Gasteiger charge is -2.22. The number of nitrogens with zero attached hydrogens (tertiary/aromatic N) is 2. The van der Waals surface area contributed by atoms with Crippen molar-refractivity contribution in [1.29, 1.82) is 0 Å². The molecule has 1 aromatic heterocycles. The highest BCUT2D eigenvalue weighted by Crippen LogP contribution is 2.28. The Kier molecular flexibility index (Phi) is 3.72. The minimum Gasteiger partial charge on any atom is -0.387 e. The summed E-state index contributed by atoms with van der Waals surface area (Å²) >= 11 is 1.73. The fourth-order valence-corrected chi connectivity index (χ4v) is 3.12. The molecule has 18 heavy (non-hydrogen) atoms. The molecule has 0 amide bonds. The van der Waals surface area contributed by atoms with E-state index in [1.807, 2.05) is 0 Å². The van der Waals surface area contributed by atoms with Crippen LogP contribution in [0, 0.1) is 17.0 Å². The second kappa shape index (κ2) is 5.11. The van der Waals surface area contributed by atoms with Crippen molar-refractivity contribution in [2.75, 3.05) is 23.4 Å². The minimum atomic E-state index is -0.694. The molecule has 2 N–H and O–H groups in total. The van der Waals surface area contributed by atoms with Gasteiger partial charge in [0.15, 0.2) is 0 Å². The van der Waals surface area contributed by atoms with E-state index in [-0.39, 0.29) is 5.69 Å². The molecule has 0 spiro atoms. The lowest BCUT2D eigenvalue weighted by molar-refractivity contribution is -0.385. The summed E-state index contributed by atoms with van der Waals surface area (Å²) in [6.45, 7) is 2.18. The maximum absolute atomic E-state index is 10.6. The highest BCUT2D eigenvalue weighted by molar-refractivity contribution is 7.99. The van der Waals surface area contributed by atoms with Crippen LogP contribution in [-0.4, -0.2) is 38.7 Å². The Morgan fingerprint density at radius 2 is 2.50 bits per heavy atom. The molecule has 7 heteroatoms. The predicted molar refractivity (Wildman–Crippen MR) is 71.0 cm³/mol. The summed E-state index contributed by atoms with van der Waals surface area (Å²) in [5.74, 6) is 2.27. The maximum Gasteiger partial charge on any atom is 0.287 e. The molecule has 98 valence electrons. The smallest absolute Gasteiger partial charge is 0.287 e. The van der Waals surface area contributed by atoms with E-state index in [9.17, 15) is 15.2 Å². The van der Waals surface area contributed by atoms with E-state index in [2.05, 4.69) is 10.3 Å². The molecule has 1 saturated heterocycles. The molecular weight excluding hydrogens is 254 g/mol. The van der Waals surface area contributed by atoms with Crippen LogP contribution >= 0.6 is 11.8 Å². The fourth-order valence-electron chi connectivity index (χ4n) is 1.83. The Labute approximate surface area is 109 Å². The summed E-state index contributed by atoms with van der Waals surface area (Å²) in [5.41, 5.74) is -0.00719. The van der Waals surface area contributed by atoms with E-state index in [4.69, 9.17) is 0 Å². The van der Waals surface area contributed by atoms with E-state index in [0.717, 1.165) is 12.2 Å². The molecule has 6 nitrogen and oxygen atoms in total. The number of thioether (sulfide) groups is 1. The SMILES string of the molecule is Cc1cc([N+](=O)[O-])cnc1NCC1(O)CCSC1. The van der Waals surface area contributed by atoms with Crippen molar-refractivity contribution in [2.24, 2.45) is 0 Å². The third-order valence-corrected chi connectivity index (χ3v) is 4.18. The molecule has 0 radical (unpaired) electrons. The highest BCUT2D eigenvalue weighted by Gasteiger charge is 2.31. The van der Waals surface area contributed by atoms with E-state index in [1.54, 1.807) is 18.7 Å². The fraction of sp³-hybridized carbons (Fsp3) is 0.545. The van der Waals surface area contributed by atoms with Crippen LogP contribution in [0.5, 0.6) is 0 Å². The lowest BCUT2D eigenvalue weighted by Crippen LogP contribution is -2.36. The van der Waals surface area contributed by atoms with Gasteiger partial charge in [0.25, 0.3) is 5.69 Å². The van der Waals surface area contributed by atoms with Crippen molar-refractivity contribution in [1.82, 2.24) is 4.98 Å². The maximum atomic E-state index is 10.6. The molecule has 0 aliphatic carbocycles. The van der Waals surface area contributed by atoms with Crippen molar-refractivity contribution in [3.8, 4) is 0 Å². The van der Waals surface area contributed by atoms with Crippen molar-refractivity contribution in [3.05, 3.63) is 27.9 Å². The van der Waals surface area contributed by atoms with Crippen molar-refractivity contribution >= 4 is 23.3 Å². The van der Waals surface area contributed by atoms with Crippen molar-refractivity contribution in [2.45, 2.75) is 18.9 Å². The Hall–Kier alpha value is -1.34. The number of rotatable bonds is 4. The predicted octanol–water partition coefficient (Wildman–Crippen LogP) is 1.58. The molecular formula is C11H15N3O3S. The number of hydrogen-bond acceptors (Lipinski definition) is 6. The first-order valence-corrected chi connectivity index (χ1v) is 6.81. The van der Waals surface area contributed by atoms with Crippen LogP contribution in [0.15, 0.2) is 12.3 Å². The van der Waals surface area contributed by atoms with E-state index >= 15 is 0 Å². The van der Waals surface area contributed by atoms with Crippen LogP contribution in [-0.2, 0) is 0 Å². The number of aryl methyl sites for hydroxylation is 1. The summed E-state index contributed by atoms with van der Waals surface area (Å²) in [6, 6.07) is 1.47. The standard InChI is InChI=1S/C11H15N3O3S/c1-8-4-9(14(16)17)5-12-10(8)13-6-11(15)2-3-18-7-11/h4-5,15H,2-3,6-7H2,1H3,(H,12,13). The Balaban J connectivity index is 2.03. The van der Waals surface area contributed by atoms with Crippen molar-refractivity contribution in [3.63, 3.8) is 0 Å². The van der Waals surface area contributed by atoms with Gasteiger partial charge in [-0.25, -0.2) is 4.98 Å². The van der Waals surface area contributed by atoms with Crippen LogP contribution in [0.1, 0.15) is 12.0 Å². The van der Waals surface area contributed by atoms with Gasteiger partial charge in [-0.2, -0.15) is 11.8 Å². The molecule has 1 aromatic rings. The summed E-state index contributed by atoms with van der Waals surface area (Å²) in [7, 11) is 0. The number of hydrogen-bond donors (Lipinski definition) is 2. The second-order valence-electron chi connectivity index (χ2n) is 4.50. The number of anilines is 1. The molecule has 2 rings (SSSR count). The van der Waals surface area contributed by atoms with Crippen LogP contribution in [0.4, 0.5) is 11.5 Å².